The lowest BCUT2D eigenvalue weighted by atomic mass is 10.1. The summed E-state index contributed by atoms with van der Waals surface area (Å²) in [6.45, 7) is 1.56. The molecule has 0 bridgehead atoms. The normalized spacial score (nSPS) is 14.9. The number of carbonyl (C=O) groups is 1. The van der Waals surface area contributed by atoms with E-state index in [1.54, 1.807) is 28.8 Å². The number of halogens is 1. The lowest BCUT2D eigenvalue weighted by Crippen LogP contribution is -2.31. The minimum Gasteiger partial charge on any atom is -0.368 e. The van der Waals surface area contributed by atoms with Crippen molar-refractivity contribution in [3.8, 4) is 11.4 Å². The molecular weight excluding hydrogens is 383 g/mol. The predicted octanol–water partition coefficient (Wildman–Crippen LogP) is 3.68. The first-order chi connectivity index (χ1) is 14.6. The Morgan fingerprint density at radius 2 is 1.83 bits per heavy atom. The molecule has 0 saturated carbocycles. The number of rotatable bonds is 2. The number of nitrogens with two attached hydrogens (primary N) is 1. The Bertz CT molecular complexity index is 1260. The van der Waals surface area contributed by atoms with Gasteiger partial charge in [-0.1, -0.05) is 12.8 Å². The molecule has 1 saturated heterocycles. The third-order valence-corrected chi connectivity index (χ3v) is 5.57. The molecule has 4 aromatic rings. The molecule has 0 unspecified atom stereocenters. The van der Waals surface area contributed by atoms with Crippen LogP contribution < -0.4 is 5.73 Å². The molecule has 0 radical (unpaired) electrons. The molecule has 0 atom stereocenters. The quantitative estimate of drug-likeness (QED) is 0.550. The van der Waals surface area contributed by atoms with Crippen LogP contribution in [0.5, 0.6) is 0 Å². The van der Waals surface area contributed by atoms with E-state index in [0.717, 1.165) is 44.2 Å². The van der Waals surface area contributed by atoms with E-state index >= 15 is 0 Å². The molecule has 152 valence electrons. The van der Waals surface area contributed by atoms with Crippen molar-refractivity contribution in [3.05, 3.63) is 54.1 Å². The fourth-order valence-corrected chi connectivity index (χ4v) is 4.06. The van der Waals surface area contributed by atoms with Crippen LogP contribution in [-0.2, 0) is 0 Å². The van der Waals surface area contributed by atoms with Crippen LogP contribution in [-0.4, -0.2) is 43.2 Å². The summed E-state index contributed by atoms with van der Waals surface area (Å²) in [6.07, 6.45) is 7.38. The molecule has 0 spiro atoms. The average molecular weight is 404 g/mol. The molecule has 1 aromatic carbocycles. The maximum atomic E-state index is 13.8. The van der Waals surface area contributed by atoms with Gasteiger partial charge in [0.25, 0.3) is 5.91 Å². The van der Waals surface area contributed by atoms with Crippen LogP contribution in [0.2, 0.25) is 0 Å². The fraction of sp³-hybridized carbons (Fsp3) is 0.273. The van der Waals surface area contributed by atoms with Crippen LogP contribution in [0.25, 0.3) is 27.9 Å². The van der Waals surface area contributed by atoms with Crippen molar-refractivity contribution in [2.24, 2.45) is 0 Å². The Balaban J connectivity index is 1.61. The number of benzene rings is 1. The standard InChI is InChI=1S/C22H21FN6O/c23-15-6-8-19-25-12-18(29(19)13-15)20-16-7-5-14(11-17(16)26-22(24)27-20)21(30)28-9-3-1-2-4-10-28/h5-8,11-13H,1-4,9-10H2,(H2,24,26,27). The van der Waals surface area contributed by atoms with Gasteiger partial charge in [-0.05, 0) is 43.2 Å². The van der Waals surface area contributed by atoms with Gasteiger partial charge in [0.15, 0.2) is 0 Å². The largest absolute Gasteiger partial charge is 0.368 e. The summed E-state index contributed by atoms with van der Waals surface area (Å²) in [5.41, 5.74) is 8.88. The number of likely N-dealkylation sites (tertiary alicyclic amines) is 1. The van der Waals surface area contributed by atoms with Gasteiger partial charge in [-0.3, -0.25) is 9.20 Å². The molecule has 1 fully saturated rings. The van der Waals surface area contributed by atoms with Crippen LogP contribution in [0.4, 0.5) is 10.3 Å². The number of amides is 1. The number of imidazole rings is 1. The molecule has 30 heavy (non-hydrogen) atoms. The summed E-state index contributed by atoms with van der Waals surface area (Å²) in [6, 6.07) is 8.34. The summed E-state index contributed by atoms with van der Waals surface area (Å²) >= 11 is 0. The SMILES string of the molecule is Nc1nc(-c2cnc3ccc(F)cn23)c2ccc(C(=O)N3CCCCCC3)cc2n1. The van der Waals surface area contributed by atoms with Gasteiger partial charge in [-0.15, -0.1) is 0 Å². The maximum absolute atomic E-state index is 13.8. The molecule has 8 heteroatoms. The van der Waals surface area contributed by atoms with E-state index in [2.05, 4.69) is 15.0 Å². The van der Waals surface area contributed by atoms with E-state index in [1.807, 2.05) is 11.0 Å². The number of hydrogen-bond acceptors (Lipinski definition) is 5. The van der Waals surface area contributed by atoms with E-state index in [4.69, 9.17) is 5.73 Å². The number of aromatic nitrogens is 4. The topological polar surface area (TPSA) is 89.4 Å². The number of carbonyl (C=O) groups excluding carboxylic acids is 1. The summed E-state index contributed by atoms with van der Waals surface area (Å²) in [5, 5.41) is 0.725. The van der Waals surface area contributed by atoms with Crippen molar-refractivity contribution >= 4 is 28.4 Å². The minimum atomic E-state index is -0.376. The van der Waals surface area contributed by atoms with Gasteiger partial charge in [-0.25, -0.2) is 19.3 Å². The Morgan fingerprint density at radius 3 is 2.63 bits per heavy atom. The monoisotopic (exact) mass is 404 g/mol. The second kappa shape index (κ2) is 7.37. The third kappa shape index (κ3) is 3.24. The smallest absolute Gasteiger partial charge is 0.253 e. The van der Waals surface area contributed by atoms with Gasteiger partial charge in [0.05, 0.1) is 17.4 Å². The number of nitrogens with zero attached hydrogens (tertiary/aromatic N) is 5. The molecule has 3 aromatic heterocycles. The van der Waals surface area contributed by atoms with Crippen molar-refractivity contribution in [2.45, 2.75) is 25.7 Å². The first kappa shape index (κ1) is 18.5. The Labute approximate surface area is 172 Å². The van der Waals surface area contributed by atoms with Crippen LogP contribution in [0.15, 0.2) is 42.7 Å². The molecule has 5 rings (SSSR count). The van der Waals surface area contributed by atoms with Crippen molar-refractivity contribution in [1.29, 1.82) is 0 Å². The first-order valence-corrected chi connectivity index (χ1v) is 10.1. The second-order valence-corrected chi connectivity index (χ2v) is 7.59. The summed E-state index contributed by atoms with van der Waals surface area (Å²) < 4.78 is 15.4. The average Bonchev–Trinajstić information content (AvgIpc) is 2.96. The Hall–Kier alpha value is -3.55. The molecule has 2 N–H and O–H groups in total. The number of nitrogen functional groups attached to an aromatic ring is 1. The summed E-state index contributed by atoms with van der Waals surface area (Å²) in [5.74, 6) is -0.281. The van der Waals surface area contributed by atoms with Gasteiger partial charge < -0.3 is 10.6 Å². The van der Waals surface area contributed by atoms with Gasteiger partial charge >= 0.3 is 0 Å². The highest BCUT2D eigenvalue weighted by Gasteiger charge is 2.19. The number of hydrogen-bond donors (Lipinski definition) is 1. The first-order valence-electron chi connectivity index (χ1n) is 10.1. The number of fused-ring (bicyclic) bond motifs is 2. The zero-order chi connectivity index (χ0) is 20.7. The van der Waals surface area contributed by atoms with E-state index < -0.39 is 0 Å². The highest BCUT2D eigenvalue weighted by Crippen LogP contribution is 2.29. The van der Waals surface area contributed by atoms with E-state index in [0.29, 0.717) is 28.1 Å². The maximum Gasteiger partial charge on any atom is 0.253 e. The molecule has 1 amide bonds. The van der Waals surface area contributed by atoms with E-state index in [1.165, 1.54) is 12.3 Å². The number of anilines is 1. The molecule has 0 aliphatic carbocycles. The fourth-order valence-electron chi connectivity index (χ4n) is 4.06. The van der Waals surface area contributed by atoms with Crippen molar-refractivity contribution in [2.75, 3.05) is 18.8 Å². The Kier molecular flexibility index (Phi) is 4.54. The van der Waals surface area contributed by atoms with Crippen molar-refractivity contribution in [3.63, 3.8) is 0 Å². The Morgan fingerprint density at radius 1 is 1.03 bits per heavy atom. The van der Waals surface area contributed by atoms with Gasteiger partial charge in [0, 0.05) is 30.2 Å². The molecular formula is C22H21FN6O. The lowest BCUT2D eigenvalue weighted by molar-refractivity contribution is 0.0762. The summed E-state index contributed by atoms with van der Waals surface area (Å²) in [4.78, 5) is 28.0. The molecule has 4 heterocycles. The minimum absolute atomic E-state index is 0.00871. The zero-order valence-electron chi connectivity index (χ0n) is 16.4. The molecule has 1 aliphatic rings. The van der Waals surface area contributed by atoms with E-state index in [-0.39, 0.29) is 17.7 Å². The van der Waals surface area contributed by atoms with Crippen LogP contribution >= 0.6 is 0 Å². The van der Waals surface area contributed by atoms with Crippen LogP contribution in [0.1, 0.15) is 36.0 Å². The van der Waals surface area contributed by atoms with Gasteiger partial charge in [0.1, 0.15) is 17.2 Å². The molecule has 7 nitrogen and oxygen atoms in total. The lowest BCUT2D eigenvalue weighted by Gasteiger charge is -2.20. The highest BCUT2D eigenvalue weighted by molar-refractivity contribution is 6.00. The predicted molar refractivity (Wildman–Crippen MR) is 112 cm³/mol. The highest BCUT2D eigenvalue weighted by atomic mass is 19.1. The zero-order valence-corrected chi connectivity index (χ0v) is 16.4. The van der Waals surface area contributed by atoms with E-state index in [9.17, 15) is 9.18 Å². The van der Waals surface area contributed by atoms with Crippen molar-refractivity contribution in [1.82, 2.24) is 24.3 Å². The van der Waals surface area contributed by atoms with Gasteiger partial charge in [-0.2, -0.15) is 0 Å². The second-order valence-electron chi connectivity index (χ2n) is 7.59. The third-order valence-electron chi connectivity index (χ3n) is 5.57. The van der Waals surface area contributed by atoms with Crippen LogP contribution in [0, 0.1) is 5.82 Å². The van der Waals surface area contributed by atoms with Gasteiger partial charge in [0.2, 0.25) is 5.95 Å². The van der Waals surface area contributed by atoms with Crippen LogP contribution in [0.3, 0.4) is 0 Å². The summed E-state index contributed by atoms with van der Waals surface area (Å²) in [7, 11) is 0. The van der Waals surface area contributed by atoms with Crippen molar-refractivity contribution < 1.29 is 9.18 Å². The number of pyridine rings is 1. The molecule has 1 aliphatic heterocycles.